The summed E-state index contributed by atoms with van der Waals surface area (Å²) < 4.78 is 14.8. The number of nitrogens with zero attached hydrogens (tertiary/aromatic N) is 1. The van der Waals surface area contributed by atoms with Crippen molar-refractivity contribution in [3.63, 3.8) is 0 Å². The number of benzene rings is 2. The summed E-state index contributed by atoms with van der Waals surface area (Å²) in [7, 11) is 0. The summed E-state index contributed by atoms with van der Waals surface area (Å²) in [6.07, 6.45) is 7.11. The van der Waals surface area contributed by atoms with Crippen molar-refractivity contribution >= 4 is 56.5 Å². The number of nitrogens with one attached hydrogen (secondary N) is 2. The van der Waals surface area contributed by atoms with Crippen LogP contribution in [0.5, 0.6) is 0 Å². The van der Waals surface area contributed by atoms with Crippen LogP contribution in [0.1, 0.15) is 38.5 Å². The van der Waals surface area contributed by atoms with E-state index in [2.05, 4.69) is 15.6 Å². The Morgan fingerprint density at radius 1 is 0.971 bits per heavy atom. The number of carbonyl (C=O) groups is 2. The van der Waals surface area contributed by atoms with E-state index in [0.29, 0.717) is 5.69 Å². The van der Waals surface area contributed by atoms with Crippen LogP contribution in [0.25, 0.3) is 10.2 Å². The smallest absolute Gasteiger partial charge is 0.234 e. The first-order chi connectivity index (χ1) is 16.4. The van der Waals surface area contributed by atoms with Gasteiger partial charge in [0.25, 0.3) is 0 Å². The van der Waals surface area contributed by atoms with Crippen molar-refractivity contribution in [2.45, 2.75) is 42.9 Å². The average molecular weight is 496 g/mol. The first kappa shape index (κ1) is 22.0. The molecule has 4 fully saturated rings. The molecular formula is C26H26FN3O2S2. The lowest BCUT2D eigenvalue weighted by Crippen LogP contribution is -2.51. The molecule has 4 saturated carbocycles. The van der Waals surface area contributed by atoms with Crippen LogP contribution in [-0.2, 0) is 9.59 Å². The summed E-state index contributed by atoms with van der Waals surface area (Å²) in [6.45, 7) is 0. The van der Waals surface area contributed by atoms with Crippen LogP contribution in [0.3, 0.4) is 0 Å². The molecule has 3 aromatic rings. The molecule has 1 heterocycles. The molecule has 0 spiro atoms. The predicted molar refractivity (Wildman–Crippen MR) is 135 cm³/mol. The van der Waals surface area contributed by atoms with E-state index in [1.165, 1.54) is 66.6 Å². The number of carbonyl (C=O) groups excluding carboxylic acids is 2. The molecule has 7 rings (SSSR count). The van der Waals surface area contributed by atoms with Gasteiger partial charge < -0.3 is 10.6 Å². The zero-order valence-corrected chi connectivity index (χ0v) is 20.3. The molecule has 0 saturated heterocycles. The number of thiazole rings is 1. The van der Waals surface area contributed by atoms with E-state index in [1.807, 2.05) is 18.2 Å². The SMILES string of the molecule is O=C(CSc1nc2ccc(NC(=O)C34CC5CC(CC(C5)C3)C4)cc2s1)Nc1ccc(F)cc1. The van der Waals surface area contributed by atoms with E-state index in [0.717, 1.165) is 57.3 Å². The highest BCUT2D eigenvalue weighted by Crippen LogP contribution is 2.60. The highest BCUT2D eigenvalue weighted by molar-refractivity contribution is 8.01. The van der Waals surface area contributed by atoms with Gasteiger partial charge in [-0.1, -0.05) is 11.8 Å². The fourth-order valence-electron chi connectivity index (χ4n) is 6.55. The molecule has 0 radical (unpaired) electrons. The third kappa shape index (κ3) is 4.33. The Kier molecular flexibility index (Phi) is 5.60. The van der Waals surface area contributed by atoms with Gasteiger partial charge in [-0.3, -0.25) is 9.59 Å². The predicted octanol–water partition coefficient (Wildman–Crippen LogP) is 6.32. The summed E-state index contributed by atoms with van der Waals surface area (Å²) in [5.41, 5.74) is 2.08. The van der Waals surface area contributed by atoms with Gasteiger partial charge in [0.15, 0.2) is 4.34 Å². The number of amides is 2. The lowest BCUT2D eigenvalue weighted by atomic mass is 9.49. The molecule has 5 nitrogen and oxygen atoms in total. The van der Waals surface area contributed by atoms with E-state index < -0.39 is 0 Å². The lowest BCUT2D eigenvalue weighted by molar-refractivity contribution is -0.140. The summed E-state index contributed by atoms with van der Waals surface area (Å²) in [4.78, 5) is 30.2. The fraction of sp³-hybridized carbons (Fsp3) is 0.423. The van der Waals surface area contributed by atoms with Crippen LogP contribution in [0.2, 0.25) is 0 Å². The lowest BCUT2D eigenvalue weighted by Gasteiger charge is -2.55. The Morgan fingerprint density at radius 3 is 2.29 bits per heavy atom. The van der Waals surface area contributed by atoms with Gasteiger partial charge in [-0.2, -0.15) is 0 Å². The largest absolute Gasteiger partial charge is 0.326 e. The zero-order valence-electron chi connectivity index (χ0n) is 18.7. The Hall–Kier alpha value is -2.45. The highest BCUT2D eigenvalue weighted by Gasteiger charge is 2.54. The quantitative estimate of drug-likeness (QED) is 0.393. The molecule has 0 atom stereocenters. The van der Waals surface area contributed by atoms with Gasteiger partial charge in [0, 0.05) is 11.4 Å². The highest BCUT2D eigenvalue weighted by atomic mass is 32.2. The van der Waals surface area contributed by atoms with Crippen LogP contribution in [0.4, 0.5) is 15.8 Å². The van der Waals surface area contributed by atoms with Crippen molar-refractivity contribution in [3.05, 3.63) is 48.3 Å². The number of anilines is 2. The number of aromatic nitrogens is 1. The maximum Gasteiger partial charge on any atom is 0.234 e. The molecular weight excluding hydrogens is 469 g/mol. The number of rotatable bonds is 6. The summed E-state index contributed by atoms with van der Waals surface area (Å²) >= 11 is 2.89. The van der Waals surface area contributed by atoms with Crippen LogP contribution in [0, 0.1) is 29.0 Å². The van der Waals surface area contributed by atoms with Crippen LogP contribution in [-0.4, -0.2) is 22.6 Å². The molecule has 8 heteroatoms. The maximum absolute atomic E-state index is 13.4. The molecule has 4 aliphatic carbocycles. The number of hydrogen-bond donors (Lipinski definition) is 2. The van der Waals surface area contributed by atoms with Crippen molar-refractivity contribution in [3.8, 4) is 0 Å². The van der Waals surface area contributed by atoms with E-state index in [9.17, 15) is 14.0 Å². The van der Waals surface area contributed by atoms with Gasteiger partial charge >= 0.3 is 0 Å². The van der Waals surface area contributed by atoms with Crippen LogP contribution >= 0.6 is 23.1 Å². The van der Waals surface area contributed by atoms with Gasteiger partial charge in [0.1, 0.15) is 5.82 Å². The average Bonchev–Trinajstić information content (AvgIpc) is 3.21. The second-order valence-electron chi connectivity index (χ2n) is 10.2. The Balaban J connectivity index is 1.09. The number of thioether (sulfide) groups is 1. The fourth-order valence-corrected chi connectivity index (χ4v) is 8.46. The van der Waals surface area contributed by atoms with Crippen LogP contribution < -0.4 is 10.6 Å². The van der Waals surface area contributed by atoms with E-state index in [1.54, 1.807) is 0 Å². The third-order valence-electron chi connectivity index (χ3n) is 7.60. The minimum Gasteiger partial charge on any atom is -0.326 e. The summed E-state index contributed by atoms with van der Waals surface area (Å²) in [6, 6.07) is 11.6. The van der Waals surface area contributed by atoms with E-state index >= 15 is 0 Å². The molecule has 2 aromatic carbocycles. The van der Waals surface area contributed by atoms with Gasteiger partial charge in [0.2, 0.25) is 11.8 Å². The van der Waals surface area contributed by atoms with Gasteiger partial charge in [0.05, 0.1) is 21.4 Å². The molecule has 0 unspecified atom stereocenters. The van der Waals surface area contributed by atoms with Gasteiger partial charge in [-0.25, -0.2) is 9.37 Å². The Bertz CT molecular complexity index is 1220. The Morgan fingerprint density at radius 2 is 1.62 bits per heavy atom. The summed E-state index contributed by atoms with van der Waals surface area (Å²) in [5.74, 6) is 2.12. The third-order valence-corrected chi connectivity index (χ3v) is 9.76. The first-order valence-electron chi connectivity index (χ1n) is 11.8. The number of hydrogen-bond acceptors (Lipinski definition) is 5. The van der Waals surface area contributed by atoms with Crippen molar-refractivity contribution in [1.29, 1.82) is 0 Å². The minimum absolute atomic E-state index is 0.167. The van der Waals surface area contributed by atoms with Crippen LogP contribution in [0.15, 0.2) is 46.8 Å². The number of halogens is 1. The van der Waals surface area contributed by atoms with E-state index in [-0.39, 0.29) is 28.8 Å². The second-order valence-corrected chi connectivity index (χ2v) is 12.4. The van der Waals surface area contributed by atoms with Crippen molar-refractivity contribution < 1.29 is 14.0 Å². The van der Waals surface area contributed by atoms with Crippen molar-refractivity contribution in [2.24, 2.45) is 23.2 Å². The standard InChI is InChI=1S/C26H26FN3O2S2/c27-18-1-3-19(4-2-18)28-23(31)14-33-25-30-21-6-5-20(10-22(21)34-25)29-24(32)26-11-15-7-16(12-26)9-17(8-15)13-26/h1-6,10,15-17H,7-9,11-14H2,(H,28,31)(H,29,32). The van der Waals surface area contributed by atoms with Gasteiger partial charge in [-0.15, -0.1) is 11.3 Å². The van der Waals surface area contributed by atoms with Crippen molar-refractivity contribution in [2.75, 3.05) is 16.4 Å². The molecule has 34 heavy (non-hydrogen) atoms. The minimum atomic E-state index is -0.338. The molecule has 4 bridgehead atoms. The molecule has 2 amide bonds. The van der Waals surface area contributed by atoms with E-state index in [4.69, 9.17) is 0 Å². The van der Waals surface area contributed by atoms with Gasteiger partial charge in [-0.05, 0) is 98.7 Å². The van der Waals surface area contributed by atoms with Crippen molar-refractivity contribution in [1.82, 2.24) is 4.98 Å². The number of fused-ring (bicyclic) bond motifs is 1. The zero-order chi connectivity index (χ0) is 23.3. The molecule has 176 valence electrons. The molecule has 2 N–H and O–H groups in total. The topological polar surface area (TPSA) is 71.1 Å². The first-order valence-corrected chi connectivity index (χ1v) is 13.6. The summed E-state index contributed by atoms with van der Waals surface area (Å²) in [5, 5.41) is 5.99. The Labute approximate surface area is 205 Å². The normalized spacial score (nSPS) is 27.1. The molecule has 1 aromatic heterocycles. The maximum atomic E-state index is 13.4. The molecule has 0 aliphatic heterocycles. The second kappa shape index (κ2) is 8.64. The monoisotopic (exact) mass is 495 g/mol. The molecule has 4 aliphatic rings.